The highest BCUT2D eigenvalue weighted by atomic mass is 32.2. The van der Waals surface area contributed by atoms with Crippen molar-refractivity contribution in [3.05, 3.63) is 65.7 Å². The van der Waals surface area contributed by atoms with Gasteiger partial charge in [0.2, 0.25) is 5.78 Å². The first kappa shape index (κ1) is 22.5. The Morgan fingerprint density at radius 2 is 1.88 bits per heavy atom. The number of ketones is 1. The minimum Gasteiger partial charge on any atom is -0.467 e. The van der Waals surface area contributed by atoms with Crippen LogP contribution in [0.5, 0.6) is 6.01 Å². The zero-order chi connectivity index (χ0) is 23.5. The summed E-state index contributed by atoms with van der Waals surface area (Å²) in [5.41, 5.74) is 0.680. The number of H-pyrrole nitrogens is 1. The van der Waals surface area contributed by atoms with E-state index in [4.69, 9.17) is 4.74 Å². The van der Waals surface area contributed by atoms with E-state index < -0.39 is 34.0 Å². The Labute approximate surface area is 190 Å². The number of hydrogen-bond acceptors (Lipinski definition) is 6. The standard InChI is InChI=1S/C22H19F2N5O3S/c1-3-6-33(31)29-17-5-4-16(23)18(19(17)24)20(30)15-11-26-21-14(15)7-12(8-25-21)13-9-27-22(32-2)28-10-13/h4-5,7-11,29H,3,6H2,1-2H3,(H,25,26). The van der Waals surface area contributed by atoms with Gasteiger partial charge in [0.15, 0.2) is 5.82 Å². The zero-order valence-electron chi connectivity index (χ0n) is 17.7. The molecule has 4 rings (SSSR count). The Kier molecular flexibility index (Phi) is 6.40. The summed E-state index contributed by atoms with van der Waals surface area (Å²) in [6.07, 6.45) is 6.59. The third kappa shape index (κ3) is 4.44. The van der Waals surface area contributed by atoms with Gasteiger partial charge in [-0.25, -0.2) is 27.9 Å². The number of pyridine rings is 1. The van der Waals surface area contributed by atoms with Gasteiger partial charge in [-0.05, 0) is 24.6 Å². The summed E-state index contributed by atoms with van der Waals surface area (Å²) in [6, 6.07) is 3.94. The SMILES string of the molecule is CCCS(=O)Nc1ccc(F)c(C(=O)c2c[nH]c3ncc(-c4cnc(OC)nc4)cc23)c1F. The van der Waals surface area contributed by atoms with Crippen LogP contribution in [0, 0.1) is 11.6 Å². The van der Waals surface area contributed by atoms with Crippen LogP contribution in [0.2, 0.25) is 0 Å². The van der Waals surface area contributed by atoms with Crippen LogP contribution in [0.3, 0.4) is 0 Å². The zero-order valence-corrected chi connectivity index (χ0v) is 18.5. The van der Waals surface area contributed by atoms with E-state index in [9.17, 15) is 13.4 Å². The molecule has 0 fully saturated rings. The Morgan fingerprint density at radius 1 is 1.15 bits per heavy atom. The number of fused-ring (bicyclic) bond motifs is 1. The first-order valence-electron chi connectivity index (χ1n) is 9.94. The molecule has 1 atom stereocenters. The highest BCUT2D eigenvalue weighted by Gasteiger charge is 2.25. The second-order valence-corrected chi connectivity index (χ2v) is 8.35. The number of hydrogen-bond donors (Lipinski definition) is 2. The largest absolute Gasteiger partial charge is 0.467 e. The van der Waals surface area contributed by atoms with Gasteiger partial charge in [0.05, 0.1) is 18.4 Å². The number of carbonyl (C=O) groups excluding carboxylic acids is 1. The maximum Gasteiger partial charge on any atom is 0.316 e. The number of nitrogens with zero attached hydrogens (tertiary/aromatic N) is 3. The van der Waals surface area contributed by atoms with Crippen molar-refractivity contribution in [1.82, 2.24) is 19.9 Å². The van der Waals surface area contributed by atoms with Crippen molar-refractivity contribution in [3.63, 3.8) is 0 Å². The predicted molar refractivity (Wildman–Crippen MR) is 120 cm³/mol. The van der Waals surface area contributed by atoms with Crippen molar-refractivity contribution in [2.24, 2.45) is 0 Å². The number of ether oxygens (including phenoxy) is 1. The van der Waals surface area contributed by atoms with Crippen LogP contribution in [-0.4, -0.2) is 42.8 Å². The van der Waals surface area contributed by atoms with Crippen LogP contribution < -0.4 is 9.46 Å². The second kappa shape index (κ2) is 9.41. The summed E-state index contributed by atoms with van der Waals surface area (Å²) in [4.78, 5) is 28.4. The van der Waals surface area contributed by atoms with E-state index in [1.54, 1.807) is 12.3 Å². The number of methoxy groups -OCH3 is 1. The monoisotopic (exact) mass is 471 g/mol. The number of nitrogens with one attached hydrogen (secondary N) is 2. The predicted octanol–water partition coefficient (Wildman–Crippen LogP) is 4.02. The van der Waals surface area contributed by atoms with Gasteiger partial charge in [0, 0.05) is 52.6 Å². The molecule has 33 heavy (non-hydrogen) atoms. The highest BCUT2D eigenvalue weighted by molar-refractivity contribution is 7.86. The lowest BCUT2D eigenvalue weighted by molar-refractivity contribution is 0.103. The Hall–Kier alpha value is -3.73. The average molecular weight is 471 g/mol. The van der Waals surface area contributed by atoms with Crippen LogP contribution in [0.1, 0.15) is 29.3 Å². The minimum atomic E-state index is -1.56. The van der Waals surface area contributed by atoms with Crippen molar-refractivity contribution < 1.29 is 22.5 Å². The second-order valence-electron chi connectivity index (χ2n) is 7.05. The quantitative estimate of drug-likeness (QED) is 0.376. The molecule has 3 heterocycles. The maximum absolute atomic E-state index is 15.1. The lowest BCUT2D eigenvalue weighted by Crippen LogP contribution is -2.13. The average Bonchev–Trinajstić information content (AvgIpc) is 3.24. The summed E-state index contributed by atoms with van der Waals surface area (Å²) in [5, 5.41) is 0.375. The normalized spacial score (nSPS) is 12.0. The molecular weight excluding hydrogens is 452 g/mol. The molecule has 3 aromatic heterocycles. The number of anilines is 1. The molecule has 8 nitrogen and oxygen atoms in total. The Morgan fingerprint density at radius 3 is 2.58 bits per heavy atom. The van der Waals surface area contributed by atoms with Gasteiger partial charge in [-0.1, -0.05) is 6.92 Å². The molecule has 4 aromatic rings. The number of aromatic nitrogens is 4. The number of halogens is 2. The Balaban J connectivity index is 1.74. The molecule has 170 valence electrons. The van der Waals surface area contributed by atoms with Crippen molar-refractivity contribution in [3.8, 4) is 17.1 Å². The molecule has 0 saturated carbocycles. The molecule has 0 radical (unpaired) electrons. The molecule has 1 unspecified atom stereocenters. The van der Waals surface area contributed by atoms with E-state index in [0.717, 1.165) is 12.1 Å². The lowest BCUT2D eigenvalue weighted by atomic mass is 10.0. The molecule has 2 N–H and O–H groups in total. The molecule has 0 spiro atoms. The summed E-state index contributed by atoms with van der Waals surface area (Å²) in [7, 11) is -0.107. The number of aromatic amines is 1. The minimum absolute atomic E-state index is 0.0402. The van der Waals surface area contributed by atoms with Gasteiger partial charge in [-0.15, -0.1) is 0 Å². The molecule has 0 aliphatic rings. The van der Waals surface area contributed by atoms with Crippen molar-refractivity contribution >= 4 is 33.5 Å². The van der Waals surface area contributed by atoms with Crippen molar-refractivity contribution in [1.29, 1.82) is 0 Å². The maximum atomic E-state index is 15.1. The van der Waals surface area contributed by atoms with Crippen molar-refractivity contribution in [2.75, 3.05) is 17.6 Å². The van der Waals surface area contributed by atoms with Gasteiger partial charge in [-0.3, -0.25) is 4.79 Å². The van der Waals surface area contributed by atoms with Gasteiger partial charge < -0.3 is 14.4 Å². The molecule has 0 aliphatic heterocycles. The van der Waals surface area contributed by atoms with E-state index in [-0.39, 0.29) is 23.0 Å². The molecule has 11 heteroatoms. The van der Waals surface area contributed by atoms with Crippen LogP contribution in [0.4, 0.5) is 14.5 Å². The summed E-state index contributed by atoms with van der Waals surface area (Å²) in [5.74, 6) is -2.71. The molecule has 0 aliphatic carbocycles. The number of benzene rings is 1. The summed E-state index contributed by atoms with van der Waals surface area (Å²) in [6.45, 7) is 1.83. The summed E-state index contributed by atoms with van der Waals surface area (Å²) >= 11 is 0. The van der Waals surface area contributed by atoms with E-state index in [0.29, 0.717) is 28.6 Å². The van der Waals surface area contributed by atoms with E-state index in [1.165, 1.54) is 25.7 Å². The molecule has 0 bridgehead atoms. The van der Waals surface area contributed by atoms with Gasteiger partial charge in [0.25, 0.3) is 0 Å². The lowest BCUT2D eigenvalue weighted by Gasteiger charge is -2.10. The molecular formula is C22H19F2N5O3S. The number of carbonyl (C=O) groups is 1. The van der Waals surface area contributed by atoms with Gasteiger partial charge >= 0.3 is 6.01 Å². The smallest absolute Gasteiger partial charge is 0.316 e. The first-order chi connectivity index (χ1) is 15.9. The van der Waals surface area contributed by atoms with Crippen LogP contribution in [-0.2, 0) is 11.0 Å². The van der Waals surface area contributed by atoms with Crippen LogP contribution in [0.25, 0.3) is 22.2 Å². The highest BCUT2D eigenvalue weighted by Crippen LogP contribution is 2.29. The summed E-state index contributed by atoms with van der Waals surface area (Å²) < 4.78 is 49.0. The van der Waals surface area contributed by atoms with Crippen LogP contribution >= 0.6 is 0 Å². The Bertz CT molecular complexity index is 1360. The fourth-order valence-electron chi connectivity index (χ4n) is 3.25. The van der Waals surface area contributed by atoms with Crippen LogP contribution in [0.15, 0.2) is 43.0 Å². The van der Waals surface area contributed by atoms with E-state index in [2.05, 4.69) is 24.7 Å². The third-order valence-electron chi connectivity index (χ3n) is 4.85. The first-order valence-corrected chi connectivity index (χ1v) is 11.3. The number of rotatable bonds is 8. The third-order valence-corrected chi connectivity index (χ3v) is 6.08. The fourth-order valence-corrected chi connectivity index (χ4v) is 4.13. The van der Waals surface area contributed by atoms with Crippen molar-refractivity contribution in [2.45, 2.75) is 13.3 Å². The van der Waals surface area contributed by atoms with E-state index in [1.807, 2.05) is 6.92 Å². The van der Waals surface area contributed by atoms with E-state index >= 15 is 4.39 Å². The van der Waals surface area contributed by atoms with Gasteiger partial charge in [0.1, 0.15) is 22.5 Å². The molecule has 0 amide bonds. The van der Waals surface area contributed by atoms with Gasteiger partial charge in [-0.2, -0.15) is 0 Å². The molecule has 0 saturated heterocycles. The fraction of sp³-hybridized carbons (Fsp3) is 0.182. The molecule has 1 aromatic carbocycles. The topological polar surface area (TPSA) is 110 Å².